The minimum Gasteiger partial charge on any atom is -0.496 e. The van der Waals surface area contributed by atoms with Crippen LogP contribution < -0.4 is 15.4 Å². The molecule has 0 unspecified atom stereocenters. The van der Waals surface area contributed by atoms with E-state index in [1.54, 1.807) is 14.2 Å². The van der Waals surface area contributed by atoms with Gasteiger partial charge in [0.15, 0.2) is 5.96 Å². The molecule has 1 aliphatic heterocycles. The van der Waals surface area contributed by atoms with Crippen LogP contribution in [-0.4, -0.2) is 76.2 Å². The van der Waals surface area contributed by atoms with Crippen molar-refractivity contribution in [2.24, 2.45) is 4.99 Å². The van der Waals surface area contributed by atoms with Crippen LogP contribution in [0, 0.1) is 0 Å². The Balaban J connectivity index is 0.00000312. The van der Waals surface area contributed by atoms with Crippen LogP contribution in [0.5, 0.6) is 5.75 Å². The first kappa shape index (κ1) is 22.0. The summed E-state index contributed by atoms with van der Waals surface area (Å²) in [6.45, 7) is 7.31. The minimum absolute atomic E-state index is 0. The number of likely N-dealkylation sites (N-methyl/N-ethyl adjacent to an activating group) is 1. The van der Waals surface area contributed by atoms with Crippen LogP contribution in [0.15, 0.2) is 29.3 Å². The molecule has 1 fully saturated rings. The Kier molecular flexibility index (Phi) is 10.8. The zero-order valence-corrected chi connectivity index (χ0v) is 18.0. The summed E-state index contributed by atoms with van der Waals surface area (Å²) >= 11 is 0. The van der Waals surface area contributed by atoms with Crippen molar-refractivity contribution in [2.75, 3.05) is 60.5 Å². The summed E-state index contributed by atoms with van der Waals surface area (Å²) < 4.78 is 5.38. The van der Waals surface area contributed by atoms with Crippen molar-refractivity contribution >= 4 is 29.9 Å². The number of guanidine groups is 1. The lowest BCUT2D eigenvalue weighted by atomic mass is 10.2. The highest BCUT2D eigenvalue weighted by Crippen LogP contribution is 2.16. The van der Waals surface area contributed by atoms with Gasteiger partial charge in [-0.15, -0.1) is 24.0 Å². The number of para-hydroxylation sites is 1. The van der Waals surface area contributed by atoms with Gasteiger partial charge in [0, 0.05) is 45.3 Å². The first-order chi connectivity index (χ1) is 11.7. The lowest BCUT2D eigenvalue weighted by molar-refractivity contribution is 0.280. The molecule has 0 radical (unpaired) electrons. The van der Waals surface area contributed by atoms with Crippen molar-refractivity contribution in [3.8, 4) is 5.75 Å². The summed E-state index contributed by atoms with van der Waals surface area (Å²) in [5.41, 5.74) is 1.12. The maximum Gasteiger partial charge on any atom is 0.191 e. The number of rotatable bonds is 6. The normalized spacial score (nSPS) is 16.7. The van der Waals surface area contributed by atoms with Gasteiger partial charge in [0.2, 0.25) is 0 Å². The third kappa shape index (κ3) is 7.79. The van der Waals surface area contributed by atoms with Gasteiger partial charge in [-0.2, -0.15) is 0 Å². The molecule has 0 aliphatic carbocycles. The third-order valence-corrected chi connectivity index (χ3v) is 4.40. The summed E-state index contributed by atoms with van der Waals surface area (Å²) in [5, 5.41) is 6.75. The van der Waals surface area contributed by atoms with E-state index in [0.717, 1.165) is 43.5 Å². The van der Waals surface area contributed by atoms with Crippen LogP contribution in [0.4, 0.5) is 0 Å². The molecule has 1 saturated heterocycles. The fraction of sp³-hybridized carbons (Fsp3) is 0.611. The number of benzene rings is 1. The molecule has 1 heterocycles. The molecule has 0 bridgehead atoms. The van der Waals surface area contributed by atoms with Gasteiger partial charge in [-0.25, -0.2) is 0 Å². The van der Waals surface area contributed by atoms with E-state index in [0.29, 0.717) is 6.54 Å². The van der Waals surface area contributed by atoms with Crippen molar-refractivity contribution in [1.29, 1.82) is 0 Å². The lowest BCUT2D eigenvalue weighted by Gasteiger charge is -2.21. The van der Waals surface area contributed by atoms with Crippen molar-refractivity contribution in [2.45, 2.75) is 13.0 Å². The van der Waals surface area contributed by atoms with E-state index in [4.69, 9.17) is 4.74 Å². The predicted octanol–water partition coefficient (Wildman–Crippen LogP) is 1.62. The maximum atomic E-state index is 5.38. The summed E-state index contributed by atoms with van der Waals surface area (Å²) in [6.07, 6.45) is 1.25. The average Bonchev–Trinajstić information content (AvgIpc) is 2.82. The number of hydrogen-bond donors (Lipinski definition) is 2. The summed E-state index contributed by atoms with van der Waals surface area (Å²) in [4.78, 5) is 9.22. The average molecular weight is 461 g/mol. The zero-order valence-electron chi connectivity index (χ0n) is 15.6. The molecule has 0 aromatic heterocycles. The quantitative estimate of drug-likeness (QED) is 0.383. The number of nitrogens with zero attached hydrogens (tertiary/aromatic N) is 3. The highest BCUT2D eigenvalue weighted by atomic mass is 127. The summed E-state index contributed by atoms with van der Waals surface area (Å²) in [6, 6.07) is 8.04. The molecule has 1 aliphatic rings. The Morgan fingerprint density at radius 3 is 2.72 bits per heavy atom. The van der Waals surface area contributed by atoms with Gasteiger partial charge >= 0.3 is 0 Å². The highest BCUT2D eigenvalue weighted by molar-refractivity contribution is 14.0. The smallest absolute Gasteiger partial charge is 0.191 e. The standard InChI is InChI=1S/C18H31N5O.HI/c1-19-18(21-15-16-7-4-5-8-17(16)24-3)20-9-12-23-11-6-10-22(2)13-14-23;/h4-5,7-8H,6,9-15H2,1-3H3,(H2,19,20,21);1H. The van der Waals surface area contributed by atoms with Crippen LogP contribution >= 0.6 is 24.0 Å². The van der Waals surface area contributed by atoms with E-state index in [2.05, 4.69) is 38.5 Å². The van der Waals surface area contributed by atoms with Gasteiger partial charge in [0.05, 0.1) is 7.11 Å². The second kappa shape index (κ2) is 12.3. The monoisotopic (exact) mass is 461 g/mol. The molecule has 2 rings (SSSR count). The van der Waals surface area contributed by atoms with Gasteiger partial charge < -0.3 is 25.2 Å². The van der Waals surface area contributed by atoms with Gasteiger partial charge in [-0.1, -0.05) is 18.2 Å². The number of halogens is 1. The molecule has 25 heavy (non-hydrogen) atoms. The number of nitrogens with one attached hydrogen (secondary N) is 2. The Labute approximate surface area is 169 Å². The first-order valence-electron chi connectivity index (χ1n) is 8.70. The SMILES string of the molecule is CN=C(NCCN1CCCN(C)CC1)NCc1ccccc1OC.I. The third-order valence-electron chi connectivity index (χ3n) is 4.40. The number of hydrogen-bond acceptors (Lipinski definition) is 4. The molecule has 0 amide bonds. The van der Waals surface area contributed by atoms with E-state index in [1.165, 1.54) is 19.5 Å². The Bertz CT molecular complexity index is 526. The topological polar surface area (TPSA) is 52.1 Å². The van der Waals surface area contributed by atoms with E-state index in [1.807, 2.05) is 18.2 Å². The van der Waals surface area contributed by atoms with Crippen molar-refractivity contribution in [1.82, 2.24) is 20.4 Å². The van der Waals surface area contributed by atoms with Crippen LogP contribution in [0.25, 0.3) is 0 Å². The van der Waals surface area contributed by atoms with Crippen LogP contribution in [0.2, 0.25) is 0 Å². The largest absolute Gasteiger partial charge is 0.496 e. The van der Waals surface area contributed by atoms with E-state index < -0.39 is 0 Å². The minimum atomic E-state index is 0. The van der Waals surface area contributed by atoms with Gasteiger partial charge in [0.1, 0.15) is 5.75 Å². The fourth-order valence-corrected chi connectivity index (χ4v) is 2.90. The molecule has 2 N–H and O–H groups in total. The van der Waals surface area contributed by atoms with Crippen molar-refractivity contribution in [3.63, 3.8) is 0 Å². The molecular weight excluding hydrogens is 429 g/mol. The highest BCUT2D eigenvalue weighted by Gasteiger charge is 2.11. The van der Waals surface area contributed by atoms with Crippen LogP contribution in [0.3, 0.4) is 0 Å². The summed E-state index contributed by atoms with van der Waals surface area (Å²) in [5.74, 6) is 1.72. The van der Waals surface area contributed by atoms with Crippen LogP contribution in [0.1, 0.15) is 12.0 Å². The lowest BCUT2D eigenvalue weighted by Crippen LogP contribution is -2.42. The van der Waals surface area contributed by atoms with Gasteiger partial charge in [0.25, 0.3) is 0 Å². The van der Waals surface area contributed by atoms with E-state index in [-0.39, 0.29) is 24.0 Å². The predicted molar refractivity (Wildman–Crippen MR) is 115 cm³/mol. The molecule has 142 valence electrons. The molecular formula is C18H32IN5O. The Morgan fingerprint density at radius 2 is 1.96 bits per heavy atom. The fourth-order valence-electron chi connectivity index (χ4n) is 2.90. The van der Waals surface area contributed by atoms with Gasteiger partial charge in [-0.05, 0) is 32.6 Å². The van der Waals surface area contributed by atoms with Crippen molar-refractivity contribution in [3.05, 3.63) is 29.8 Å². The van der Waals surface area contributed by atoms with E-state index in [9.17, 15) is 0 Å². The zero-order chi connectivity index (χ0) is 17.2. The Hall–Kier alpha value is -1.06. The van der Waals surface area contributed by atoms with E-state index >= 15 is 0 Å². The summed E-state index contributed by atoms with van der Waals surface area (Å²) in [7, 11) is 5.70. The second-order valence-corrected chi connectivity index (χ2v) is 6.16. The molecule has 7 heteroatoms. The van der Waals surface area contributed by atoms with Gasteiger partial charge in [-0.3, -0.25) is 4.99 Å². The number of methoxy groups -OCH3 is 1. The second-order valence-electron chi connectivity index (χ2n) is 6.16. The molecule has 0 spiro atoms. The van der Waals surface area contributed by atoms with Crippen LogP contribution in [-0.2, 0) is 6.54 Å². The number of aliphatic imine (C=N–C) groups is 1. The maximum absolute atomic E-state index is 5.38. The molecule has 0 atom stereocenters. The first-order valence-corrected chi connectivity index (χ1v) is 8.70. The Morgan fingerprint density at radius 1 is 1.16 bits per heavy atom. The molecule has 1 aromatic rings. The molecule has 0 saturated carbocycles. The number of ether oxygens (including phenoxy) is 1. The molecule has 1 aromatic carbocycles. The molecule has 6 nitrogen and oxygen atoms in total. The van der Waals surface area contributed by atoms with Crippen molar-refractivity contribution < 1.29 is 4.74 Å².